The molecular weight excluding hydrogens is 368 g/mol. The van der Waals surface area contributed by atoms with Gasteiger partial charge >= 0.3 is 0 Å². The van der Waals surface area contributed by atoms with Crippen molar-refractivity contribution in [2.75, 3.05) is 31.7 Å². The predicted octanol–water partition coefficient (Wildman–Crippen LogP) is 2.99. The molecule has 3 aromatic rings. The second-order valence-corrected chi connectivity index (χ2v) is 6.59. The minimum absolute atomic E-state index is 0.274. The van der Waals surface area contributed by atoms with E-state index >= 15 is 0 Å². The molecule has 0 saturated carbocycles. The molecule has 1 aromatic heterocycles. The first-order valence-corrected chi connectivity index (χ1v) is 9.49. The SMILES string of the molecule is COc1ccc(OCCNC(=O)c2ccc(N3CCc4ccccc43)nn2)cc1. The maximum absolute atomic E-state index is 12.3. The summed E-state index contributed by atoms with van der Waals surface area (Å²) in [6, 6.07) is 19.1. The van der Waals surface area contributed by atoms with Gasteiger partial charge < -0.3 is 19.7 Å². The third-order valence-corrected chi connectivity index (χ3v) is 4.76. The fourth-order valence-electron chi connectivity index (χ4n) is 3.26. The van der Waals surface area contributed by atoms with Gasteiger partial charge in [-0.1, -0.05) is 18.2 Å². The van der Waals surface area contributed by atoms with Crippen molar-refractivity contribution in [1.82, 2.24) is 15.5 Å². The number of methoxy groups -OCH3 is 1. The van der Waals surface area contributed by atoms with Crippen LogP contribution in [0.15, 0.2) is 60.7 Å². The summed E-state index contributed by atoms with van der Waals surface area (Å²) in [6.45, 7) is 1.59. The Morgan fingerprint density at radius 3 is 2.59 bits per heavy atom. The molecular formula is C22H22N4O3. The van der Waals surface area contributed by atoms with E-state index in [4.69, 9.17) is 9.47 Å². The Morgan fingerprint density at radius 2 is 1.83 bits per heavy atom. The molecule has 2 aromatic carbocycles. The molecule has 0 saturated heterocycles. The number of hydrogen-bond donors (Lipinski definition) is 1. The third-order valence-electron chi connectivity index (χ3n) is 4.76. The Balaban J connectivity index is 1.28. The van der Waals surface area contributed by atoms with E-state index in [9.17, 15) is 4.79 Å². The second-order valence-electron chi connectivity index (χ2n) is 6.59. The monoisotopic (exact) mass is 390 g/mol. The number of fused-ring (bicyclic) bond motifs is 1. The molecule has 0 fully saturated rings. The van der Waals surface area contributed by atoms with Crippen molar-refractivity contribution in [3.05, 3.63) is 71.9 Å². The molecule has 1 N–H and O–H groups in total. The highest BCUT2D eigenvalue weighted by atomic mass is 16.5. The molecule has 1 aliphatic heterocycles. The lowest BCUT2D eigenvalue weighted by molar-refractivity contribution is 0.0941. The van der Waals surface area contributed by atoms with E-state index in [0.29, 0.717) is 13.2 Å². The largest absolute Gasteiger partial charge is 0.497 e. The maximum Gasteiger partial charge on any atom is 0.271 e. The number of para-hydroxylation sites is 1. The highest BCUT2D eigenvalue weighted by Crippen LogP contribution is 2.32. The number of amides is 1. The number of nitrogens with one attached hydrogen (secondary N) is 1. The molecule has 1 aliphatic rings. The molecule has 0 spiro atoms. The number of carbonyl (C=O) groups is 1. The summed E-state index contributed by atoms with van der Waals surface area (Å²) in [5.41, 5.74) is 2.73. The van der Waals surface area contributed by atoms with Gasteiger partial charge in [0.05, 0.1) is 13.7 Å². The minimum Gasteiger partial charge on any atom is -0.497 e. The zero-order valence-corrected chi connectivity index (χ0v) is 16.2. The van der Waals surface area contributed by atoms with Crippen molar-refractivity contribution < 1.29 is 14.3 Å². The van der Waals surface area contributed by atoms with Gasteiger partial charge in [0.25, 0.3) is 5.91 Å². The lowest BCUT2D eigenvalue weighted by Gasteiger charge is -2.17. The van der Waals surface area contributed by atoms with Crippen molar-refractivity contribution in [2.24, 2.45) is 0 Å². The molecule has 2 heterocycles. The first-order valence-electron chi connectivity index (χ1n) is 9.49. The predicted molar refractivity (Wildman–Crippen MR) is 110 cm³/mol. The minimum atomic E-state index is -0.274. The first-order chi connectivity index (χ1) is 14.2. The molecule has 0 bridgehead atoms. The van der Waals surface area contributed by atoms with Crippen LogP contribution in [0, 0.1) is 0 Å². The molecule has 0 radical (unpaired) electrons. The zero-order valence-electron chi connectivity index (χ0n) is 16.2. The lowest BCUT2D eigenvalue weighted by Crippen LogP contribution is -2.29. The number of aromatic nitrogens is 2. The molecule has 0 unspecified atom stereocenters. The fourth-order valence-corrected chi connectivity index (χ4v) is 3.26. The number of ether oxygens (including phenoxy) is 2. The Morgan fingerprint density at radius 1 is 1.03 bits per heavy atom. The number of hydrogen-bond acceptors (Lipinski definition) is 6. The van der Waals surface area contributed by atoms with E-state index in [1.54, 1.807) is 13.2 Å². The average Bonchev–Trinajstić information content (AvgIpc) is 3.21. The van der Waals surface area contributed by atoms with Gasteiger partial charge in [0, 0.05) is 12.2 Å². The summed E-state index contributed by atoms with van der Waals surface area (Å²) in [5.74, 6) is 1.96. The third kappa shape index (κ3) is 4.29. The van der Waals surface area contributed by atoms with E-state index in [1.165, 1.54) is 5.56 Å². The summed E-state index contributed by atoms with van der Waals surface area (Å²) >= 11 is 0. The Kier molecular flexibility index (Phi) is 5.56. The Bertz CT molecular complexity index is 974. The van der Waals surface area contributed by atoms with Gasteiger partial charge in [-0.25, -0.2) is 0 Å². The van der Waals surface area contributed by atoms with Crippen molar-refractivity contribution in [1.29, 1.82) is 0 Å². The van der Waals surface area contributed by atoms with Crippen molar-refractivity contribution in [3.8, 4) is 11.5 Å². The van der Waals surface area contributed by atoms with Gasteiger partial charge in [0.2, 0.25) is 0 Å². The maximum atomic E-state index is 12.3. The fraction of sp³-hybridized carbons (Fsp3) is 0.227. The van der Waals surface area contributed by atoms with Crippen LogP contribution in [0.1, 0.15) is 16.1 Å². The van der Waals surface area contributed by atoms with Gasteiger partial charge in [0.15, 0.2) is 11.5 Å². The highest BCUT2D eigenvalue weighted by molar-refractivity contribution is 5.92. The van der Waals surface area contributed by atoms with Gasteiger partial charge in [-0.2, -0.15) is 0 Å². The molecule has 0 atom stereocenters. The van der Waals surface area contributed by atoms with Crippen LogP contribution in [0.25, 0.3) is 0 Å². The summed E-state index contributed by atoms with van der Waals surface area (Å²) in [6.07, 6.45) is 0.980. The van der Waals surface area contributed by atoms with E-state index < -0.39 is 0 Å². The molecule has 1 amide bonds. The lowest BCUT2D eigenvalue weighted by atomic mass is 10.2. The Labute approximate surface area is 169 Å². The van der Waals surface area contributed by atoms with Crippen LogP contribution in [-0.2, 0) is 6.42 Å². The molecule has 4 rings (SSSR count). The Hall–Kier alpha value is -3.61. The standard InChI is InChI=1S/C22H22N4O3/c1-28-17-6-8-18(9-7-17)29-15-13-23-22(27)19-10-11-21(25-24-19)26-14-12-16-4-2-3-5-20(16)26/h2-11H,12-15H2,1H3,(H,23,27). The van der Waals surface area contributed by atoms with Crippen molar-refractivity contribution in [2.45, 2.75) is 6.42 Å². The quantitative estimate of drug-likeness (QED) is 0.625. The van der Waals surface area contributed by atoms with Crippen molar-refractivity contribution >= 4 is 17.4 Å². The van der Waals surface area contributed by atoms with Crippen LogP contribution >= 0.6 is 0 Å². The van der Waals surface area contributed by atoms with E-state index in [0.717, 1.165) is 36.0 Å². The first kappa shape index (κ1) is 18.7. The van der Waals surface area contributed by atoms with Crippen molar-refractivity contribution in [3.63, 3.8) is 0 Å². The molecule has 29 heavy (non-hydrogen) atoms. The van der Waals surface area contributed by atoms with Crippen LogP contribution in [0.5, 0.6) is 11.5 Å². The summed E-state index contributed by atoms with van der Waals surface area (Å²) in [7, 11) is 1.62. The zero-order chi connectivity index (χ0) is 20.1. The van der Waals surface area contributed by atoms with E-state index in [2.05, 4.69) is 32.5 Å². The van der Waals surface area contributed by atoms with Gasteiger partial charge in [0.1, 0.15) is 18.1 Å². The number of benzene rings is 2. The van der Waals surface area contributed by atoms with E-state index in [1.807, 2.05) is 42.5 Å². The number of carbonyl (C=O) groups excluding carboxylic acids is 1. The summed E-state index contributed by atoms with van der Waals surface area (Å²) < 4.78 is 10.7. The van der Waals surface area contributed by atoms with Crippen LogP contribution in [0.3, 0.4) is 0 Å². The average molecular weight is 390 g/mol. The molecule has 148 valence electrons. The van der Waals surface area contributed by atoms with Gasteiger partial charge in [-0.15, -0.1) is 10.2 Å². The van der Waals surface area contributed by atoms with E-state index in [-0.39, 0.29) is 11.6 Å². The number of anilines is 2. The molecule has 0 aliphatic carbocycles. The van der Waals surface area contributed by atoms with Crippen LogP contribution in [0.4, 0.5) is 11.5 Å². The van der Waals surface area contributed by atoms with Crippen LogP contribution in [0.2, 0.25) is 0 Å². The smallest absolute Gasteiger partial charge is 0.271 e. The normalized spacial score (nSPS) is 12.4. The molecule has 7 heteroatoms. The summed E-state index contributed by atoms with van der Waals surface area (Å²) in [5, 5.41) is 11.1. The number of rotatable bonds is 7. The van der Waals surface area contributed by atoms with Crippen LogP contribution in [-0.4, -0.2) is 42.9 Å². The number of nitrogens with zero attached hydrogens (tertiary/aromatic N) is 3. The molecule has 7 nitrogen and oxygen atoms in total. The summed E-state index contributed by atoms with van der Waals surface area (Å²) in [4.78, 5) is 14.4. The highest BCUT2D eigenvalue weighted by Gasteiger charge is 2.21. The topological polar surface area (TPSA) is 76.6 Å². The van der Waals surface area contributed by atoms with Crippen LogP contribution < -0.4 is 19.7 Å². The second kappa shape index (κ2) is 8.60. The van der Waals surface area contributed by atoms with Gasteiger partial charge in [-0.05, 0) is 54.4 Å². The van der Waals surface area contributed by atoms with Gasteiger partial charge in [-0.3, -0.25) is 4.79 Å².